The van der Waals surface area contributed by atoms with Crippen molar-refractivity contribution in [2.45, 2.75) is 38.5 Å². The summed E-state index contributed by atoms with van der Waals surface area (Å²) in [6.07, 6.45) is 3.00. The van der Waals surface area contributed by atoms with Crippen LogP contribution < -0.4 is 0 Å². The van der Waals surface area contributed by atoms with E-state index < -0.39 is 5.41 Å². The quantitative estimate of drug-likeness (QED) is 0.386. The van der Waals surface area contributed by atoms with Crippen molar-refractivity contribution in [3.05, 3.63) is 76.2 Å². The topological polar surface area (TPSA) is 92.7 Å². The van der Waals surface area contributed by atoms with Crippen molar-refractivity contribution in [3.63, 3.8) is 0 Å². The molecule has 0 radical (unpaired) electrons. The molecule has 1 fully saturated rings. The Morgan fingerprint density at radius 3 is 2.59 bits per heavy atom. The number of carbonyl (C=O) groups excluding carboxylic acids is 1. The van der Waals surface area contributed by atoms with E-state index in [9.17, 15) is 9.18 Å². The monoisotopic (exact) mass is 446 g/mol. The maximum Gasteiger partial charge on any atom is 0.223 e. The zero-order valence-electron chi connectivity index (χ0n) is 17.2. The van der Waals surface area contributed by atoms with Gasteiger partial charge >= 0.3 is 0 Å². The molecule has 2 aromatic heterocycles. The lowest BCUT2D eigenvalue weighted by Crippen LogP contribution is -2.10. The van der Waals surface area contributed by atoms with Gasteiger partial charge < -0.3 is 4.42 Å². The predicted molar refractivity (Wildman–Crippen MR) is 117 cm³/mol. The SMILES string of the molecule is N#CC1(CC(=O)Cc2nnc(Cc3nc4ccc(Cc5ccc(F)cc5)cc4s3)o2)CC1. The zero-order chi connectivity index (χ0) is 22.1. The fraction of sp³-hybridized carbons (Fsp3) is 0.292. The molecule has 1 aliphatic rings. The first kappa shape index (κ1) is 20.5. The molecule has 4 aromatic rings. The van der Waals surface area contributed by atoms with Gasteiger partial charge in [-0.25, -0.2) is 9.37 Å². The van der Waals surface area contributed by atoms with Crippen LogP contribution >= 0.6 is 11.3 Å². The number of fused-ring (bicyclic) bond motifs is 1. The number of benzene rings is 2. The molecule has 2 heterocycles. The van der Waals surface area contributed by atoms with Gasteiger partial charge in [0.05, 0.1) is 34.5 Å². The number of nitriles is 1. The van der Waals surface area contributed by atoms with Crippen LogP contribution in [0.1, 0.15) is 47.2 Å². The van der Waals surface area contributed by atoms with Gasteiger partial charge in [-0.15, -0.1) is 21.5 Å². The highest BCUT2D eigenvalue weighted by Gasteiger charge is 2.44. The predicted octanol–water partition coefficient (Wildman–Crippen LogP) is 4.81. The van der Waals surface area contributed by atoms with Crippen LogP contribution in [-0.2, 0) is 24.1 Å². The highest BCUT2D eigenvalue weighted by atomic mass is 32.1. The highest BCUT2D eigenvalue weighted by Crippen LogP contribution is 2.48. The van der Waals surface area contributed by atoms with Crippen LogP contribution in [0.15, 0.2) is 46.9 Å². The molecule has 0 spiro atoms. The van der Waals surface area contributed by atoms with Gasteiger partial charge in [0.15, 0.2) is 0 Å². The second kappa shape index (κ2) is 8.24. The van der Waals surface area contributed by atoms with Gasteiger partial charge in [-0.3, -0.25) is 4.79 Å². The Morgan fingerprint density at radius 1 is 1.09 bits per heavy atom. The Hall–Kier alpha value is -3.44. The van der Waals surface area contributed by atoms with Gasteiger partial charge in [0.2, 0.25) is 11.8 Å². The molecular formula is C24H19FN4O2S. The molecule has 0 unspecified atom stereocenters. The molecule has 2 aromatic carbocycles. The number of carbonyl (C=O) groups is 1. The number of thiazole rings is 1. The van der Waals surface area contributed by atoms with Crippen LogP contribution in [0.5, 0.6) is 0 Å². The summed E-state index contributed by atoms with van der Waals surface area (Å²) in [7, 11) is 0. The van der Waals surface area contributed by atoms with Crippen molar-refractivity contribution < 1.29 is 13.6 Å². The first-order chi connectivity index (χ1) is 15.5. The summed E-state index contributed by atoms with van der Waals surface area (Å²) in [6, 6.07) is 14.9. The van der Waals surface area contributed by atoms with Crippen molar-refractivity contribution >= 4 is 27.3 Å². The summed E-state index contributed by atoms with van der Waals surface area (Å²) in [5.41, 5.74) is 2.61. The fourth-order valence-corrected chi connectivity index (χ4v) is 4.71. The first-order valence-electron chi connectivity index (χ1n) is 10.4. The smallest absolute Gasteiger partial charge is 0.223 e. The summed E-state index contributed by atoms with van der Waals surface area (Å²) in [6.45, 7) is 0. The lowest BCUT2D eigenvalue weighted by Gasteiger charge is -2.01. The van der Waals surface area contributed by atoms with Crippen molar-refractivity contribution in [2.75, 3.05) is 0 Å². The van der Waals surface area contributed by atoms with E-state index in [1.807, 2.05) is 12.1 Å². The number of halogens is 1. The average molecular weight is 447 g/mol. The molecular weight excluding hydrogens is 427 g/mol. The minimum atomic E-state index is -0.462. The van der Waals surface area contributed by atoms with Gasteiger partial charge in [0.25, 0.3) is 0 Å². The van der Waals surface area contributed by atoms with Crippen molar-refractivity contribution in [1.82, 2.24) is 15.2 Å². The number of ketones is 1. The summed E-state index contributed by atoms with van der Waals surface area (Å²) in [5.74, 6) is 0.410. The molecule has 0 saturated heterocycles. The Kier molecular flexibility index (Phi) is 5.27. The van der Waals surface area contributed by atoms with E-state index in [2.05, 4.69) is 27.3 Å². The van der Waals surface area contributed by atoms with Gasteiger partial charge in [0.1, 0.15) is 16.6 Å². The number of rotatable bonds is 8. The minimum absolute atomic E-state index is 0.0482. The standard InChI is InChI=1S/C24H19FN4O2S/c25-17-4-1-15(2-5-17)9-16-3-6-19-20(10-16)32-23(27-19)12-22-29-28-21(31-22)11-18(30)13-24(14-26)7-8-24/h1-6,10H,7-9,11-13H2. The number of aromatic nitrogens is 3. The molecule has 0 aliphatic heterocycles. The number of hydrogen-bond acceptors (Lipinski definition) is 7. The molecule has 8 heteroatoms. The molecule has 32 heavy (non-hydrogen) atoms. The van der Waals surface area contributed by atoms with Crippen LogP contribution in [-0.4, -0.2) is 21.0 Å². The summed E-state index contributed by atoms with van der Waals surface area (Å²) >= 11 is 1.56. The normalized spacial score (nSPS) is 14.4. The Bertz CT molecular complexity index is 1330. The van der Waals surface area contributed by atoms with Gasteiger partial charge in [-0.05, 0) is 54.7 Å². The Labute approximate surface area is 187 Å². The van der Waals surface area contributed by atoms with E-state index in [4.69, 9.17) is 9.68 Å². The Morgan fingerprint density at radius 2 is 1.84 bits per heavy atom. The third-order valence-corrected chi connectivity index (χ3v) is 6.62. The lowest BCUT2D eigenvalue weighted by atomic mass is 10.00. The van der Waals surface area contributed by atoms with Gasteiger partial charge in [-0.2, -0.15) is 5.26 Å². The first-order valence-corrected chi connectivity index (χ1v) is 11.2. The van der Waals surface area contributed by atoms with E-state index in [0.29, 0.717) is 12.3 Å². The average Bonchev–Trinajstić information content (AvgIpc) is 3.21. The minimum Gasteiger partial charge on any atom is -0.424 e. The van der Waals surface area contributed by atoms with E-state index >= 15 is 0 Å². The molecule has 5 rings (SSSR count). The molecule has 6 nitrogen and oxygen atoms in total. The molecule has 1 saturated carbocycles. The van der Waals surface area contributed by atoms with Crippen molar-refractivity contribution in [2.24, 2.45) is 5.41 Å². The van der Waals surface area contributed by atoms with E-state index in [0.717, 1.165) is 45.6 Å². The van der Waals surface area contributed by atoms with Gasteiger partial charge in [-0.1, -0.05) is 18.2 Å². The largest absolute Gasteiger partial charge is 0.424 e. The van der Waals surface area contributed by atoms with Crippen LogP contribution in [0.3, 0.4) is 0 Å². The molecule has 0 N–H and O–H groups in total. The van der Waals surface area contributed by atoms with Crippen molar-refractivity contribution in [1.29, 1.82) is 5.26 Å². The number of nitrogens with zero attached hydrogens (tertiary/aromatic N) is 4. The second-order valence-corrected chi connectivity index (χ2v) is 9.38. The summed E-state index contributed by atoms with van der Waals surface area (Å²) < 4.78 is 19.8. The molecule has 160 valence electrons. The molecule has 0 bridgehead atoms. The van der Waals surface area contributed by atoms with Crippen LogP contribution in [0.25, 0.3) is 10.2 Å². The van der Waals surface area contributed by atoms with Crippen molar-refractivity contribution in [3.8, 4) is 6.07 Å². The number of Topliss-reactive ketones (excluding diaryl/α,β-unsaturated/α-hetero) is 1. The zero-order valence-corrected chi connectivity index (χ0v) is 18.0. The van der Waals surface area contributed by atoms with Gasteiger partial charge in [0, 0.05) is 6.42 Å². The maximum absolute atomic E-state index is 13.1. The summed E-state index contributed by atoms with van der Waals surface area (Å²) in [4.78, 5) is 16.8. The summed E-state index contributed by atoms with van der Waals surface area (Å²) in [5, 5.41) is 18.0. The maximum atomic E-state index is 13.1. The third-order valence-electron chi connectivity index (χ3n) is 5.60. The molecule has 1 aliphatic carbocycles. The van der Waals surface area contributed by atoms with E-state index in [-0.39, 0.29) is 30.3 Å². The lowest BCUT2D eigenvalue weighted by molar-refractivity contribution is -0.119. The van der Waals surface area contributed by atoms with Crippen LogP contribution in [0.2, 0.25) is 0 Å². The molecule has 0 atom stereocenters. The second-order valence-electron chi connectivity index (χ2n) is 8.26. The Balaban J connectivity index is 1.24. The molecule has 0 amide bonds. The van der Waals surface area contributed by atoms with E-state index in [1.165, 1.54) is 12.1 Å². The van der Waals surface area contributed by atoms with Crippen LogP contribution in [0, 0.1) is 22.6 Å². The number of hydrogen-bond donors (Lipinski definition) is 0. The third kappa shape index (κ3) is 4.58. The van der Waals surface area contributed by atoms with E-state index in [1.54, 1.807) is 23.5 Å². The fourth-order valence-electron chi connectivity index (χ4n) is 3.69. The highest BCUT2D eigenvalue weighted by molar-refractivity contribution is 7.18. The van der Waals surface area contributed by atoms with Crippen LogP contribution in [0.4, 0.5) is 4.39 Å².